The predicted octanol–water partition coefficient (Wildman–Crippen LogP) is -0.608. The normalized spacial score (nSPS) is 23.4. The summed E-state index contributed by atoms with van der Waals surface area (Å²) >= 11 is 0. The fourth-order valence-electron chi connectivity index (χ4n) is 1.70. The number of nitrogens with one attached hydrogen (secondary N) is 2. The molecule has 0 spiro atoms. The van der Waals surface area contributed by atoms with Crippen LogP contribution in [0, 0.1) is 0 Å². The van der Waals surface area contributed by atoms with Gasteiger partial charge in [-0.2, -0.15) is 5.10 Å². The number of aromatic nitrogens is 2. The Balaban J connectivity index is 2.06. The van der Waals surface area contributed by atoms with Crippen LogP contribution in [-0.4, -0.2) is 49.7 Å². The summed E-state index contributed by atoms with van der Waals surface area (Å²) in [6, 6.07) is 0.00917. The minimum atomic E-state index is -3.39. The molecule has 2 N–H and O–H groups in total. The van der Waals surface area contributed by atoms with E-state index in [1.807, 2.05) is 7.05 Å². The maximum absolute atomic E-state index is 11.8. The van der Waals surface area contributed by atoms with Crippen molar-refractivity contribution >= 4 is 10.0 Å². The maximum atomic E-state index is 11.8. The van der Waals surface area contributed by atoms with Crippen molar-refractivity contribution < 1.29 is 8.42 Å². The number of aromatic amines is 1. The second kappa shape index (κ2) is 3.92. The summed E-state index contributed by atoms with van der Waals surface area (Å²) in [7, 11) is -1.42. The first-order valence-electron chi connectivity index (χ1n) is 4.77. The van der Waals surface area contributed by atoms with Gasteiger partial charge in [0.15, 0.2) is 0 Å². The summed E-state index contributed by atoms with van der Waals surface area (Å²) in [6.45, 7) is 1.69. The van der Waals surface area contributed by atoms with Crippen molar-refractivity contribution in [1.29, 1.82) is 0 Å². The Morgan fingerprint density at radius 2 is 2.47 bits per heavy atom. The van der Waals surface area contributed by atoms with E-state index >= 15 is 0 Å². The number of likely N-dealkylation sites (tertiary alicyclic amines) is 1. The van der Waals surface area contributed by atoms with Crippen molar-refractivity contribution in [3.8, 4) is 0 Å². The first-order chi connectivity index (χ1) is 7.08. The van der Waals surface area contributed by atoms with E-state index in [0.29, 0.717) is 0 Å². The zero-order chi connectivity index (χ0) is 10.9. The van der Waals surface area contributed by atoms with Crippen LogP contribution in [0.1, 0.15) is 6.42 Å². The molecule has 1 saturated heterocycles. The van der Waals surface area contributed by atoms with Crippen molar-refractivity contribution in [3.05, 3.63) is 12.4 Å². The van der Waals surface area contributed by atoms with Gasteiger partial charge in [-0.15, -0.1) is 0 Å². The molecule has 0 saturated carbocycles. The van der Waals surface area contributed by atoms with Crippen LogP contribution < -0.4 is 4.72 Å². The predicted molar refractivity (Wildman–Crippen MR) is 54.8 cm³/mol. The topological polar surface area (TPSA) is 78.1 Å². The molecular weight excluding hydrogens is 216 g/mol. The van der Waals surface area contributed by atoms with Gasteiger partial charge in [-0.25, -0.2) is 13.1 Å². The average molecular weight is 230 g/mol. The summed E-state index contributed by atoms with van der Waals surface area (Å²) in [6.07, 6.45) is 3.54. The number of hydrogen-bond acceptors (Lipinski definition) is 4. The lowest BCUT2D eigenvalue weighted by Gasteiger charge is -2.11. The number of rotatable bonds is 3. The van der Waals surface area contributed by atoms with Gasteiger partial charge < -0.3 is 4.90 Å². The quantitative estimate of drug-likeness (QED) is 0.726. The van der Waals surface area contributed by atoms with Gasteiger partial charge in [0, 0.05) is 18.8 Å². The third-order valence-electron chi connectivity index (χ3n) is 2.50. The zero-order valence-electron chi connectivity index (χ0n) is 8.47. The molecule has 1 aliphatic rings. The standard InChI is InChI=1S/C8H14N4O2S/c1-12-3-2-7(6-12)11-15(13,14)8-4-9-10-5-8/h4-5,7,11H,2-3,6H2,1H3,(H,9,10). The van der Waals surface area contributed by atoms with Crippen LogP contribution in [0.2, 0.25) is 0 Å². The summed E-state index contributed by atoms with van der Waals surface area (Å²) in [5.41, 5.74) is 0. The van der Waals surface area contributed by atoms with Gasteiger partial charge in [0.1, 0.15) is 4.90 Å². The number of nitrogens with zero attached hydrogens (tertiary/aromatic N) is 2. The van der Waals surface area contributed by atoms with Crippen LogP contribution in [-0.2, 0) is 10.0 Å². The van der Waals surface area contributed by atoms with Crippen molar-refractivity contribution in [3.63, 3.8) is 0 Å². The molecule has 0 radical (unpaired) electrons. The smallest absolute Gasteiger partial charge is 0.243 e. The van der Waals surface area contributed by atoms with Crippen molar-refractivity contribution in [2.75, 3.05) is 20.1 Å². The molecule has 0 amide bonds. The first-order valence-corrected chi connectivity index (χ1v) is 6.26. The first kappa shape index (κ1) is 10.6. The molecule has 1 unspecified atom stereocenters. The van der Waals surface area contributed by atoms with Crippen LogP contribution in [0.15, 0.2) is 17.3 Å². The molecule has 15 heavy (non-hydrogen) atoms. The second-order valence-electron chi connectivity index (χ2n) is 3.80. The Morgan fingerprint density at radius 3 is 3.00 bits per heavy atom. The monoisotopic (exact) mass is 230 g/mol. The van der Waals surface area contributed by atoms with E-state index in [1.165, 1.54) is 12.4 Å². The number of hydrogen-bond donors (Lipinski definition) is 2. The Kier molecular flexibility index (Phi) is 2.76. The molecule has 1 aliphatic heterocycles. The Bertz CT molecular complexity index is 414. The molecule has 0 bridgehead atoms. The molecule has 1 aromatic rings. The van der Waals surface area contributed by atoms with Crippen LogP contribution >= 0.6 is 0 Å². The van der Waals surface area contributed by atoms with Crippen molar-refractivity contribution in [1.82, 2.24) is 19.8 Å². The highest BCUT2D eigenvalue weighted by Crippen LogP contribution is 2.11. The van der Waals surface area contributed by atoms with E-state index < -0.39 is 10.0 Å². The van der Waals surface area contributed by atoms with Crippen LogP contribution in [0.5, 0.6) is 0 Å². The van der Waals surface area contributed by atoms with Gasteiger partial charge >= 0.3 is 0 Å². The lowest BCUT2D eigenvalue weighted by atomic mass is 10.3. The van der Waals surface area contributed by atoms with E-state index in [2.05, 4.69) is 19.8 Å². The summed E-state index contributed by atoms with van der Waals surface area (Å²) in [4.78, 5) is 2.29. The highest BCUT2D eigenvalue weighted by molar-refractivity contribution is 7.89. The zero-order valence-corrected chi connectivity index (χ0v) is 9.29. The van der Waals surface area contributed by atoms with Gasteiger partial charge in [-0.1, -0.05) is 0 Å². The van der Waals surface area contributed by atoms with Crippen molar-refractivity contribution in [2.24, 2.45) is 0 Å². The van der Waals surface area contributed by atoms with Gasteiger partial charge in [0.2, 0.25) is 10.0 Å². The van der Waals surface area contributed by atoms with E-state index in [4.69, 9.17) is 0 Å². The number of likely N-dealkylation sites (N-methyl/N-ethyl adjacent to an activating group) is 1. The van der Waals surface area contributed by atoms with E-state index in [0.717, 1.165) is 19.5 Å². The van der Waals surface area contributed by atoms with Crippen LogP contribution in [0.25, 0.3) is 0 Å². The number of H-pyrrole nitrogens is 1. The van der Waals surface area contributed by atoms with Crippen molar-refractivity contribution in [2.45, 2.75) is 17.4 Å². The third kappa shape index (κ3) is 2.36. The van der Waals surface area contributed by atoms with Crippen LogP contribution in [0.3, 0.4) is 0 Å². The van der Waals surface area contributed by atoms with E-state index in [1.54, 1.807) is 0 Å². The third-order valence-corrected chi connectivity index (χ3v) is 3.98. The SMILES string of the molecule is CN1CCC(NS(=O)(=O)c2cn[nH]c2)C1. The highest BCUT2D eigenvalue weighted by atomic mass is 32.2. The Hall–Kier alpha value is -0.920. The van der Waals surface area contributed by atoms with Gasteiger partial charge in [0.25, 0.3) is 0 Å². The fraction of sp³-hybridized carbons (Fsp3) is 0.625. The maximum Gasteiger partial charge on any atom is 0.243 e. The lowest BCUT2D eigenvalue weighted by Crippen LogP contribution is -2.36. The molecular formula is C8H14N4O2S. The highest BCUT2D eigenvalue weighted by Gasteiger charge is 2.25. The molecule has 0 aromatic carbocycles. The lowest BCUT2D eigenvalue weighted by molar-refractivity contribution is 0.407. The van der Waals surface area contributed by atoms with Gasteiger partial charge in [0.05, 0.1) is 6.20 Å². The molecule has 0 aliphatic carbocycles. The van der Waals surface area contributed by atoms with Crippen LogP contribution in [0.4, 0.5) is 0 Å². The molecule has 1 atom stereocenters. The summed E-state index contributed by atoms with van der Waals surface area (Å²) in [5, 5.41) is 6.11. The molecule has 6 nitrogen and oxygen atoms in total. The molecule has 1 fully saturated rings. The Morgan fingerprint density at radius 1 is 1.67 bits per heavy atom. The fourth-order valence-corrected chi connectivity index (χ4v) is 2.87. The average Bonchev–Trinajstić information content (AvgIpc) is 2.75. The molecule has 1 aromatic heterocycles. The molecule has 2 heterocycles. The van der Waals surface area contributed by atoms with Gasteiger partial charge in [-0.05, 0) is 20.0 Å². The molecule has 2 rings (SSSR count). The summed E-state index contributed by atoms with van der Waals surface area (Å²) in [5.74, 6) is 0. The Labute approximate surface area is 88.7 Å². The second-order valence-corrected chi connectivity index (χ2v) is 5.52. The minimum absolute atomic E-state index is 0.00917. The van der Waals surface area contributed by atoms with E-state index in [9.17, 15) is 8.42 Å². The van der Waals surface area contributed by atoms with Gasteiger partial charge in [-0.3, -0.25) is 5.10 Å². The number of sulfonamides is 1. The largest absolute Gasteiger partial charge is 0.305 e. The molecule has 7 heteroatoms. The molecule has 84 valence electrons. The van der Waals surface area contributed by atoms with E-state index in [-0.39, 0.29) is 10.9 Å². The summed E-state index contributed by atoms with van der Waals surface area (Å²) < 4.78 is 26.2. The minimum Gasteiger partial charge on any atom is -0.305 e.